The van der Waals surface area contributed by atoms with E-state index in [0.717, 1.165) is 6.07 Å². The molecule has 0 unspecified atom stereocenters. The highest BCUT2D eigenvalue weighted by Crippen LogP contribution is 2.18. The Labute approximate surface area is 123 Å². The summed E-state index contributed by atoms with van der Waals surface area (Å²) in [5, 5.41) is 22.9. The van der Waals surface area contributed by atoms with Gasteiger partial charge in [0.05, 0.1) is 23.9 Å². The highest BCUT2D eigenvalue weighted by atomic mass is 19.1. The van der Waals surface area contributed by atoms with Crippen LogP contribution in [0.4, 0.5) is 10.1 Å². The van der Waals surface area contributed by atoms with Gasteiger partial charge in [0.1, 0.15) is 11.9 Å². The summed E-state index contributed by atoms with van der Waals surface area (Å²) in [5.41, 5.74) is 0.405. The maximum absolute atomic E-state index is 13.9. The number of anilines is 1. The van der Waals surface area contributed by atoms with E-state index in [0.29, 0.717) is 6.42 Å². The minimum atomic E-state index is -0.598. The summed E-state index contributed by atoms with van der Waals surface area (Å²) in [4.78, 5) is 12.0. The molecule has 1 amide bonds. The van der Waals surface area contributed by atoms with Gasteiger partial charge in [0.25, 0.3) is 0 Å². The molecule has 1 aromatic carbocycles. The van der Waals surface area contributed by atoms with Crippen LogP contribution in [-0.4, -0.2) is 30.2 Å². The number of amides is 1. The molecular weight excluding hydrogens is 273 g/mol. The lowest BCUT2D eigenvalue weighted by Crippen LogP contribution is -2.41. The molecule has 0 radical (unpaired) electrons. The molecule has 0 aliphatic rings. The smallest absolute Gasteiger partial charge is 0.242 e. The van der Waals surface area contributed by atoms with Crippen molar-refractivity contribution in [1.29, 1.82) is 5.26 Å². The largest absolute Gasteiger partial charge is 0.395 e. The second-order valence-electron chi connectivity index (χ2n) is 5.15. The monoisotopic (exact) mass is 293 g/mol. The predicted molar refractivity (Wildman–Crippen MR) is 78.1 cm³/mol. The van der Waals surface area contributed by atoms with Crippen LogP contribution >= 0.6 is 0 Å². The number of nitriles is 1. The molecule has 5 nitrogen and oxygen atoms in total. The van der Waals surface area contributed by atoms with Gasteiger partial charge in [0.15, 0.2) is 0 Å². The molecule has 1 aromatic rings. The number of benzene rings is 1. The zero-order chi connectivity index (χ0) is 15.8. The molecular formula is C15H20FN3O2. The highest BCUT2D eigenvalue weighted by molar-refractivity contribution is 5.84. The lowest BCUT2D eigenvalue weighted by Gasteiger charge is -2.21. The summed E-state index contributed by atoms with van der Waals surface area (Å²) in [6, 6.07) is 5.32. The maximum atomic E-state index is 13.9. The normalized spacial score (nSPS) is 11.8. The second-order valence-corrected chi connectivity index (χ2v) is 5.15. The Kier molecular flexibility index (Phi) is 6.63. The van der Waals surface area contributed by atoms with Gasteiger partial charge >= 0.3 is 0 Å². The van der Waals surface area contributed by atoms with E-state index in [1.54, 1.807) is 0 Å². The number of carbonyl (C=O) groups is 1. The first-order chi connectivity index (χ1) is 9.97. The second kappa shape index (κ2) is 8.22. The average molecular weight is 293 g/mol. The lowest BCUT2D eigenvalue weighted by atomic mass is 10.0. The molecule has 0 fully saturated rings. The third kappa shape index (κ3) is 5.40. The summed E-state index contributed by atoms with van der Waals surface area (Å²) in [6.45, 7) is 3.93. The summed E-state index contributed by atoms with van der Waals surface area (Å²) in [6.07, 6.45) is 0.525. The van der Waals surface area contributed by atoms with Gasteiger partial charge in [-0.2, -0.15) is 5.26 Å². The Hall–Kier alpha value is -2.13. The number of carbonyl (C=O) groups excluding carboxylic acids is 1. The topological polar surface area (TPSA) is 85.2 Å². The SMILES string of the molecule is CC(C)C[C@H](Nc1ccc(C#N)cc1F)C(=O)NCCO. The van der Waals surface area contributed by atoms with Crippen molar-refractivity contribution in [2.45, 2.75) is 26.3 Å². The summed E-state index contributed by atoms with van der Waals surface area (Å²) in [7, 11) is 0. The van der Waals surface area contributed by atoms with Crippen molar-refractivity contribution in [3.05, 3.63) is 29.6 Å². The van der Waals surface area contributed by atoms with Gasteiger partial charge in [0.2, 0.25) is 5.91 Å². The van der Waals surface area contributed by atoms with E-state index in [2.05, 4.69) is 10.6 Å². The minimum absolute atomic E-state index is 0.147. The van der Waals surface area contributed by atoms with Crippen molar-refractivity contribution < 1.29 is 14.3 Å². The molecule has 0 saturated carbocycles. The Bertz CT molecular complexity index is 526. The van der Waals surface area contributed by atoms with Crippen molar-refractivity contribution >= 4 is 11.6 Å². The van der Waals surface area contributed by atoms with Gasteiger partial charge < -0.3 is 15.7 Å². The van der Waals surface area contributed by atoms with Crippen LogP contribution in [0.5, 0.6) is 0 Å². The van der Waals surface area contributed by atoms with Gasteiger partial charge in [-0.05, 0) is 30.5 Å². The van der Waals surface area contributed by atoms with E-state index in [1.807, 2.05) is 19.9 Å². The Balaban J connectivity index is 2.85. The number of rotatable bonds is 7. The van der Waals surface area contributed by atoms with Crippen LogP contribution < -0.4 is 10.6 Å². The quantitative estimate of drug-likeness (QED) is 0.713. The van der Waals surface area contributed by atoms with E-state index in [-0.39, 0.29) is 36.2 Å². The van der Waals surface area contributed by atoms with E-state index in [1.165, 1.54) is 12.1 Å². The summed E-state index contributed by atoms with van der Waals surface area (Å²) < 4.78 is 13.9. The number of hydrogen-bond donors (Lipinski definition) is 3. The molecule has 6 heteroatoms. The molecule has 0 bridgehead atoms. The molecule has 0 aliphatic carbocycles. The highest BCUT2D eigenvalue weighted by Gasteiger charge is 2.20. The number of nitrogens with zero attached hydrogens (tertiary/aromatic N) is 1. The fourth-order valence-electron chi connectivity index (χ4n) is 1.89. The first kappa shape index (κ1) is 16.9. The fourth-order valence-corrected chi connectivity index (χ4v) is 1.89. The first-order valence-electron chi connectivity index (χ1n) is 6.82. The van der Waals surface area contributed by atoms with Gasteiger partial charge in [-0.1, -0.05) is 13.8 Å². The summed E-state index contributed by atoms with van der Waals surface area (Å²) >= 11 is 0. The van der Waals surface area contributed by atoms with Crippen molar-refractivity contribution in [3.63, 3.8) is 0 Å². The molecule has 0 aliphatic heterocycles. The van der Waals surface area contributed by atoms with E-state index >= 15 is 0 Å². The molecule has 3 N–H and O–H groups in total. The van der Waals surface area contributed by atoms with Crippen molar-refractivity contribution in [1.82, 2.24) is 5.32 Å². The molecule has 0 spiro atoms. The van der Waals surface area contributed by atoms with E-state index in [4.69, 9.17) is 10.4 Å². The Morgan fingerprint density at radius 1 is 1.48 bits per heavy atom. The van der Waals surface area contributed by atoms with Crippen LogP contribution in [0.3, 0.4) is 0 Å². The zero-order valence-corrected chi connectivity index (χ0v) is 12.2. The first-order valence-corrected chi connectivity index (χ1v) is 6.82. The summed E-state index contributed by atoms with van der Waals surface area (Å²) in [5.74, 6) is -0.622. The standard InChI is InChI=1S/C15H20FN3O2/c1-10(2)7-14(15(21)18-5-6-20)19-13-4-3-11(9-17)8-12(13)16/h3-4,8,10,14,19-20H,5-7H2,1-2H3,(H,18,21)/t14-/m0/s1. The van der Waals surface area contributed by atoms with Crippen LogP contribution in [0.2, 0.25) is 0 Å². The van der Waals surface area contributed by atoms with Crippen molar-refractivity contribution in [2.75, 3.05) is 18.5 Å². The number of aliphatic hydroxyl groups excluding tert-OH is 1. The van der Waals surface area contributed by atoms with Gasteiger partial charge in [-0.15, -0.1) is 0 Å². The zero-order valence-electron chi connectivity index (χ0n) is 12.2. The van der Waals surface area contributed by atoms with E-state index < -0.39 is 11.9 Å². The van der Waals surface area contributed by atoms with Gasteiger partial charge in [-0.25, -0.2) is 4.39 Å². The number of halogens is 1. The number of aliphatic hydroxyl groups is 1. The van der Waals surface area contributed by atoms with Crippen LogP contribution in [0.15, 0.2) is 18.2 Å². The third-order valence-corrected chi connectivity index (χ3v) is 2.86. The van der Waals surface area contributed by atoms with Gasteiger partial charge in [0, 0.05) is 6.54 Å². The number of nitrogens with one attached hydrogen (secondary N) is 2. The molecule has 0 heterocycles. The predicted octanol–water partition coefficient (Wildman–Crippen LogP) is 1.63. The minimum Gasteiger partial charge on any atom is -0.395 e. The average Bonchev–Trinajstić information content (AvgIpc) is 2.45. The van der Waals surface area contributed by atoms with Gasteiger partial charge in [-0.3, -0.25) is 4.79 Å². The van der Waals surface area contributed by atoms with Crippen LogP contribution in [0.1, 0.15) is 25.8 Å². The van der Waals surface area contributed by atoms with E-state index in [9.17, 15) is 9.18 Å². The van der Waals surface area contributed by atoms with Crippen LogP contribution in [0, 0.1) is 23.1 Å². The van der Waals surface area contributed by atoms with Crippen LogP contribution in [0.25, 0.3) is 0 Å². The van der Waals surface area contributed by atoms with Crippen LogP contribution in [-0.2, 0) is 4.79 Å². The lowest BCUT2D eigenvalue weighted by molar-refractivity contribution is -0.122. The maximum Gasteiger partial charge on any atom is 0.242 e. The molecule has 21 heavy (non-hydrogen) atoms. The molecule has 114 valence electrons. The molecule has 1 rings (SSSR count). The van der Waals surface area contributed by atoms with Crippen molar-refractivity contribution in [3.8, 4) is 6.07 Å². The molecule has 1 atom stereocenters. The number of hydrogen-bond acceptors (Lipinski definition) is 4. The Morgan fingerprint density at radius 2 is 2.19 bits per heavy atom. The fraction of sp³-hybridized carbons (Fsp3) is 0.467. The molecule has 0 aromatic heterocycles. The molecule has 0 saturated heterocycles. The Morgan fingerprint density at radius 3 is 2.71 bits per heavy atom. The van der Waals surface area contributed by atoms with Crippen molar-refractivity contribution in [2.24, 2.45) is 5.92 Å². The third-order valence-electron chi connectivity index (χ3n) is 2.86.